The summed E-state index contributed by atoms with van der Waals surface area (Å²) in [5.41, 5.74) is 4.26. The predicted octanol–water partition coefficient (Wildman–Crippen LogP) is 6.34. The fraction of sp³-hybridized carbons (Fsp3) is 0.355. The van der Waals surface area contributed by atoms with Crippen molar-refractivity contribution in [2.45, 2.75) is 52.4 Å². The van der Waals surface area contributed by atoms with Gasteiger partial charge in [-0.1, -0.05) is 65.8 Å². The molecule has 0 fully saturated rings. The lowest BCUT2D eigenvalue weighted by Gasteiger charge is -2.29. The first-order valence-corrected chi connectivity index (χ1v) is 12.6. The first kappa shape index (κ1) is 26.3. The molecule has 0 saturated carbocycles. The number of hydrogen-bond acceptors (Lipinski definition) is 4. The maximum atomic E-state index is 12.9. The third kappa shape index (κ3) is 6.31. The Labute approximate surface area is 219 Å². The van der Waals surface area contributed by atoms with E-state index >= 15 is 0 Å². The summed E-state index contributed by atoms with van der Waals surface area (Å²) in [6.07, 6.45) is 0. The van der Waals surface area contributed by atoms with E-state index in [1.807, 2.05) is 36.4 Å². The number of carbonyl (C=O) groups is 2. The normalized spacial score (nSPS) is 13.6. The van der Waals surface area contributed by atoms with Gasteiger partial charge in [-0.25, -0.2) is 0 Å². The second-order valence-electron chi connectivity index (χ2n) is 11.4. The number of benzene rings is 3. The highest BCUT2D eigenvalue weighted by Gasteiger charge is 2.26. The second-order valence-corrected chi connectivity index (χ2v) is 11.4. The summed E-state index contributed by atoms with van der Waals surface area (Å²) in [7, 11) is 0. The van der Waals surface area contributed by atoms with Crippen LogP contribution < -0.4 is 19.7 Å². The van der Waals surface area contributed by atoms with Crippen molar-refractivity contribution in [2.75, 3.05) is 30.0 Å². The molecule has 1 aliphatic rings. The van der Waals surface area contributed by atoms with E-state index in [4.69, 9.17) is 9.47 Å². The molecule has 0 spiro atoms. The van der Waals surface area contributed by atoms with Crippen molar-refractivity contribution in [1.82, 2.24) is 0 Å². The molecule has 0 atom stereocenters. The van der Waals surface area contributed by atoms with Gasteiger partial charge in [0.15, 0.2) is 6.61 Å². The molecule has 37 heavy (non-hydrogen) atoms. The Morgan fingerprint density at radius 1 is 0.892 bits per heavy atom. The summed E-state index contributed by atoms with van der Waals surface area (Å²) in [6, 6.07) is 21.0. The van der Waals surface area contributed by atoms with Gasteiger partial charge in [-0.2, -0.15) is 0 Å². The van der Waals surface area contributed by atoms with E-state index < -0.39 is 0 Å². The van der Waals surface area contributed by atoms with Gasteiger partial charge in [-0.05, 0) is 64.4 Å². The second kappa shape index (κ2) is 10.3. The van der Waals surface area contributed by atoms with Crippen LogP contribution in [0.1, 0.15) is 63.0 Å². The number of amides is 2. The van der Waals surface area contributed by atoms with Crippen LogP contribution in [-0.4, -0.2) is 31.6 Å². The van der Waals surface area contributed by atoms with E-state index in [9.17, 15) is 9.59 Å². The maximum absolute atomic E-state index is 12.9. The lowest BCUT2D eigenvalue weighted by atomic mass is 9.87. The minimum absolute atomic E-state index is 0.0170. The highest BCUT2D eigenvalue weighted by Crippen LogP contribution is 2.35. The minimum Gasteiger partial charge on any atom is -0.492 e. The molecule has 0 bridgehead atoms. The van der Waals surface area contributed by atoms with E-state index in [-0.39, 0.29) is 29.3 Å². The van der Waals surface area contributed by atoms with E-state index in [2.05, 4.69) is 59.0 Å². The molecule has 1 aliphatic heterocycles. The standard InChI is InChI=1S/C31H36N2O4/c1-30(2,3)22-9-7-21(8-10-22)29(35)32-24-13-16-27-26(19-24)33(28(34)20-37-27)17-18-36-25-14-11-23(12-15-25)31(4,5)6/h7-16,19H,17-18,20H2,1-6H3,(H,32,35). The zero-order valence-electron chi connectivity index (χ0n) is 22.6. The van der Waals surface area contributed by atoms with Crippen LogP contribution in [0.15, 0.2) is 66.7 Å². The topological polar surface area (TPSA) is 67.9 Å². The van der Waals surface area contributed by atoms with E-state index in [0.717, 1.165) is 11.3 Å². The van der Waals surface area contributed by atoms with Gasteiger partial charge in [-0.15, -0.1) is 0 Å². The predicted molar refractivity (Wildman–Crippen MR) is 148 cm³/mol. The molecule has 3 aromatic carbocycles. The zero-order chi connectivity index (χ0) is 26.8. The minimum atomic E-state index is -0.211. The summed E-state index contributed by atoms with van der Waals surface area (Å²) < 4.78 is 11.5. The fourth-order valence-corrected chi connectivity index (χ4v) is 4.16. The summed E-state index contributed by atoms with van der Waals surface area (Å²) >= 11 is 0. The van der Waals surface area contributed by atoms with Gasteiger partial charge in [0.05, 0.1) is 12.2 Å². The van der Waals surface area contributed by atoms with Crippen LogP contribution in [0.25, 0.3) is 0 Å². The number of nitrogens with zero attached hydrogens (tertiary/aromatic N) is 1. The van der Waals surface area contributed by atoms with E-state index in [1.54, 1.807) is 23.1 Å². The van der Waals surface area contributed by atoms with Gasteiger partial charge in [0.25, 0.3) is 11.8 Å². The van der Waals surface area contributed by atoms with Crippen LogP contribution >= 0.6 is 0 Å². The molecule has 4 rings (SSSR count). The number of fused-ring (bicyclic) bond motifs is 1. The molecule has 2 amide bonds. The quantitative estimate of drug-likeness (QED) is 0.429. The highest BCUT2D eigenvalue weighted by molar-refractivity contribution is 6.05. The van der Waals surface area contributed by atoms with Gasteiger partial charge in [-0.3, -0.25) is 9.59 Å². The van der Waals surface area contributed by atoms with Crippen LogP contribution in [0.5, 0.6) is 11.5 Å². The molecule has 1 heterocycles. The Balaban J connectivity index is 1.43. The van der Waals surface area contributed by atoms with Crippen molar-refractivity contribution in [3.8, 4) is 11.5 Å². The van der Waals surface area contributed by atoms with Crippen molar-refractivity contribution in [1.29, 1.82) is 0 Å². The number of nitrogens with one attached hydrogen (secondary N) is 1. The highest BCUT2D eigenvalue weighted by atomic mass is 16.5. The third-order valence-electron chi connectivity index (χ3n) is 6.48. The number of anilines is 2. The summed E-state index contributed by atoms with van der Waals surface area (Å²) in [5, 5.41) is 2.94. The van der Waals surface area contributed by atoms with E-state index in [1.165, 1.54) is 5.56 Å². The molecule has 1 N–H and O–H groups in total. The average Bonchev–Trinajstić information content (AvgIpc) is 2.84. The molecule has 0 aromatic heterocycles. The number of rotatable bonds is 6. The molecular weight excluding hydrogens is 464 g/mol. The monoisotopic (exact) mass is 500 g/mol. The van der Waals surface area contributed by atoms with Crippen LogP contribution in [0.4, 0.5) is 11.4 Å². The maximum Gasteiger partial charge on any atom is 0.265 e. The smallest absolute Gasteiger partial charge is 0.265 e. The first-order valence-electron chi connectivity index (χ1n) is 12.6. The number of hydrogen-bond donors (Lipinski definition) is 1. The van der Waals surface area contributed by atoms with Crippen molar-refractivity contribution >= 4 is 23.2 Å². The van der Waals surface area contributed by atoms with Crippen LogP contribution in [0.3, 0.4) is 0 Å². The average molecular weight is 501 g/mol. The molecular formula is C31H36N2O4. The van der Waals surface area contributed by atoms with Crippen molar-refractivity contribution in [3.63, 3.8) is 0 Å². The first-order chi connectivity index (χ1) is 17.4. The molecule has 0 saturated heterocycles. The van der Waals surface area contributed by atoms with Crippen molar-refractivity contribution in [3.05, 3.63) is 83.4 Å². The van der Waals surface area contributed by atoms with Crippen LogP contribution in [-0.2, 0) is 15.6 Å². The third-order valence-corrected chi connectivity index (χ3v) is 6.48. The Morgan fingerprint density at radius 3 is 2.08 bits per heavy atom. The molecule has 6 heteroatoms. The van der Waals surface area contributed by atoms with E-state index in [0.29, 0.717) is 35.8 Å². The van der Waals surface area contributed by atoms with Crippen LogP contribution in [0, 0.1) is 0 Å². The Bertz CT molecular complexity index is 1270. The lowest BCUT2D eigenvalue weighted by Crippen LogP contribution is -2.41. The molecule has 3 aromatic rings. The largest absolute Gasteiger partial charge is 0.492 e. The SMILES string of the molecule is CC(C)(C)c1ccc(OCCN2C(=O)COc3ccc(NC(=O)c4ccc(C(C)(C)C)cc4)cc32)cc1. The lowest BCUT2D eigenvalue weighted by molar-refractivity contribution is -0.121. The molecule has 6 nitrogen and oxygen atoms in total. The van der Waals surface area contributed by atoms with Gasteiger partial charge in [0, 0.05) is 11.3 Å². The summed E-state index contributed by atoms with van der Waals surface area (Å²) in [5.74, 6) is 0.992. The van der Waals surface area contributed by atoms with Gasteiger partial charge in [0.1, 0.15) is 18.1 Å². The molecule has 0 aliphatic carbocycles. The number of carbonyl (C=O) groups excluding carboxylic acids is 2. The fourth-order valence-electron chi connectivity index (χ4n) is 4.16. The van der Waals surface area contributed by atoms with Crippen molar-refractivity contribution < 1.29 is 19.1 Å². The molecule has 0 unspecified atom stereocenters. The Morgan fingerprint density at radius 2 is 1.49 bits per heavy atom. The van der Waals surface area contributed by atoms with Gasteiger partial charge >= 0.3 is 0 Å². The zero-order valence-corrected chi connectivity index (χ0v) is 22.6. The molecule has 0 radical (unpaired) electrons. The number of ether oxygens (including phenoxy) is 2. The van der Waals surface area contributed by atoms with Gasteiger partial charge in [0.2, 0.25) is 0 Å². The summed E-state index contributed by atoms with van der Waals surface area (Å²) in [4.78, 5) is 27.2. The Kier molecular flexibility index (Phi) is 7.30. The van der Waals surface area contributed by atoms with Crippen molar-refractivity contribution in [2.24, 2.45) is 0 Å². The Hall–Kier alpha value is -3.80. The van der Waals surface area contributed by atoms with Crippen LogP contribution in [0.2, 0.25) is 0 Å². The summed E-state index contributed by atoms with van der Waals surface area (Å²) in [6.45, 7) is 13.6. The molecule has 194 valence electrons. The van der Waals surface area contributed by atoms with Gasteiger partial charge < -0.3 is 19.7 Å².